The number of anilines is 1. The molecule has 2 aromatic carbocycles. The van der Waals surface area contributed by atoms with E-state index in [1.165, 1.54) is 12.0 Å². The average molecular weight is 452 g/mol. The molecule has 0 bridgehead atoms. The number of fused-ring (bicyclic) bond motifs is 1. The fourth-order valence-corrected chi connectivity index (χ4v) is 4.44. The van der Waals surface area contributed by atoms with Crippen LogP contribution in [-0.4, -0.2) is 29.8 Å². The summed E-state index contributed by atoms with van der Waals surface area (Å²) in [7, 11) is 1.51. The molecule has 1 aromatic heterocycles. The number of nitrogens with zero attached hydrogens (tertiary/aromatic N) is 3. The fraction of sp³-hybridized carbons (Fsp3) is 0.292. The second kappa shape index (κ2) is 7.37. The molecular formula is C24H19F3N4O2. The van der Waals surface area contributed by atoms with Crippen LogP contribution in [0.2, 0.25) is 0 Å². The Bertz CT molecular complexity index is 1250. The van der Waals surface area contributed by atoms with Gasteiger partial charge in [-0.2, -0.15) is 23.5 Å². The van der Waals surface area contributed by atoms with Crippen LogP contribution in [0, 0.1) is 11.3 Å². The number of alkyl halides is 3. The lowest BCUT2D eigenvalue weighted by atomic mass is 9.85. The van der Waals surface area contributed by atoms with Crippen LogP contribution in [0.5, 0.6) is 5.75 Å². The highest BCUT2D eigenvalue weighted by molar-refractivity contribution is 6.07. The predicted molar refractivity (Wildman–Crippen MR) is 113 cm³/mol. The lowest BCUT2D eigenvalue weighted by molar-refractivity contribution is -0.141. The van der Waals surface area contributed by atoms with Crippen LogP contribution in [-0.2, 0) is 11.6 Å². The number of amides is 1. The Morgan fingerprint density at radius 2 is 1.82 bits per heavy atom. The first-order valence-electron chi connectivity index (χ1n) is 10.4. The summed E-state index contributed by atoms with van der Waals surface area (Å²) in [6, 6.07) is 16.2. The van der Waals surface area contributed by atoms with Crippen molar-refractivity contribution in [1.82, 2.24) is 10.2 Å². The molecule has 0 saturated heterocycles. The third kappa shape index (κ3) is 3.42. The van der Waals surface area contributed by atoms with E-state index in [2.05, 4.69) is 11.2 Å². The Hall–Kier alpha value is -3.80. The summed E-state index contributed by atoms with van der Waals surface area (Å²) in [5.74, 6) is -0.767. The number of hydrogen-bond acceptors (Lipinski definition) is 4. The van der Waals surface area contributed by atoms with Crippen LogP contribution in [0.25, 0.3) is 0 Å². The van der Waals surface area contributed by atoms with Gasteiger partial charge in [0.2, 0.25) is 0 Å². The zero-order valence-corrected chi connectivity index (χ0v) is 17.6. The van der Waals surface area contributed by atoms with Gasteiger partial charge >= 0.3 is 6.18 Å². The fourth-order valence-electron chi connectivity index (χ4n) is 4.44. The van der Waals surface area contributed by atoms with E-state index in [0.717, 1.165) is 18.4 Å². The molecule has 1 N–H and O–H groups in total. The molecular weight excluding hydrogens is 433 g/mol. The Morgan fingerprint density at radius 3 is 2.36 bits per heavy atom. The molecule has 1 saturated carbocycles. The van der Waals surface area contributed by atoms with Crippen LogP contribution < -0.4 is 9.64 Å². The largest absolute Gasteiger partial charge is 0.497 e. The van der Waals surface area contributed by atoms with Gasteiger partial charge in [0.15, 0.2) is 5.69 Å². The Labute approximate surface area is 187 Å². The highest BCUT2D eigenvalue weighted by atomic mass is 19.4. The molecule has 1 unspecified atom stereocenters. The number of nitriles is 1. The van der Waals surface area contributed by atoms with Crippen molar-refractivity contribution >= 4 is 11.6 Å². The summed E-state index contributed by atoms with van der Waals surface area (Å²) in [5.41, 5.74) is 0.169. The van der Waals surface area contributed by atoms with Gasteiger partial charge in [0, 0.05) is 23.7 Å². The van der Waals surface area contributed by atoms with E-state index in [0.29, 0.717) is 17.0 Å². The van der Waals surface area contributed by atoms with Crippen molar-refractivity contribution in [3.8, 4) is 11.8 Å². The van der Waals surface area contributed by atoms with Crippen LogP contribution in [0.15, 0.2) is 48.5 Å². The van der Waals surface area contributed by atoms with Gasteiger partial charge in [-0.25, -0.2) is 0 Å². The maximum Gasteiger partial charge on any atom is 0.433 e. The Kier molecular flexibility index (Phi) is 4.71. The van der Waals surface area contributed by atoms with Crippen molar-refractivity contribution in [3.05, 3.63) is 76.6 Å². The number of aromatic amines is 1. The highest BCUT2D eigenvalue weighted by Gasteiger charge is 2.46. The molecule has 1 amide bonds. The van der Waals surface area contributed by atoms with E-state index in [4.69, 9.17) is 4.74 Å². The smallest absolute Gasteiger partial charge is 0.433 e. The van der Waals surface area contributed by atoms with Crippen LogP contribution in [0.3, 0.4) is 0 Å². The molecule has 5 rings (SSSR count). The van der Waals surface area contributed by atoms with Crippen molar-refractivity contribution in [3.63, 3.8) is 0 Å². The third-order valence-corrected chi connectivity index (χ3v) is 6.46. The maximum atomic E-state index is 13.7. The molecule has 9 heteroatoms. The molecule has 1 atom stereocenters. The molecule has 0 spiro atoms. The number of ether oxygens (including phenoxy) is 1. The quantitative estimate of drug-likeness (QED) is 0.618. The van der Waals surface area contributed by atoms with Gasteiger partial charge in [0.25, 0.3) is 5.91 Å². The summed E-state index contributed by atoms with van der Waals surface area (Å²) in [6.07, 6.45) is -3.09. The van der Waals surface area contributed by atoms with E-state index in [1.807, 2.05) is 17.2 Å². The van der Waals surface area contributed by atoms with Crippen LogP contribution >= 0.6 is 0 Å². The van der Waals surface area contributed by atoms with E-state index in [1.54, 1.807) is 36.4 Å². The number of carbonyl (C=O) groups excluding carboxylic acids is 1. The summed E-state index contributed by atoms with van der Waals surface area (Å²) >= 11 is 0. The van der Waals surface area contributed by atoms with Crippen molar-refractivity contribution in [1.29, 1.82) is 5.26 Å². The van der Waals surface area contributed by atoms with Gasteiger partial charge in [-0.1, -0.05) is 24.3 Å². The molecule has 0 radical (unpaired) electrons. The lowest BCUT2D eigenvalue weighted by Crippen LogP contribution is -2.41. The first-order valence-corrected chi connectivity index (χ1v) is 10.4. The number of aromatic nitrogens is 2. The predicted octanol–water partition coefficient (Wildman–Crippen LogP) is 4.78. The molecule has 33 heavy (non-hydrogen) atoms. The van der Waals surface area contributed by atoms with Gasteiger partial charge in [-0.3, -0.25) is 9.89 Å². The monoisotopic (exact) mass is 452 g/mol. The summed E-state index contributed by atoms with van der Waals surface area (Å²) in [6.45, 7) is 0.0174. The second-order valence-corrected chi connectivity index (χ2v) is 8.34. The van der Waals surface area contributed by atoms with E-state index >= 15 is 0 Å². The summed E-state index contributed by atoms with van der Waals surface area (Å²) in [4.78, 5) is 14.6. The summed E-state index contributed by atoms with van der Waals surface area (Å²) < 4.78 is 46.3. The molecule has 1 aliphatic carbocycles. The molecule has 6 nitrogen and oxygen atoms in total. The maximum absolute atomic E-state index is 13.7. The van der Waals surface area contributed by atoms with E-state index in [-0.39, 0.29) is 17.8 Å². The van der Waals surface area contributed by atoms with Gasteiger partial charge in [0.05, 0.1) is 18.6 Å². The lowest BCUT2D eigenvalue weighted by Gasteiger charge is -2.33. The van der Waals surface area contributed by atoms with Gasteiger partial charge in [-0.15, -0.1) is 0 Å². The van der Waals surface area contributed by atoms with Crippen molar-refractivity contribution in [2.24, 2.45) is 0 Å². The minimum Gasteiger partial charge on any atom is -0.497 e. The minimum atomic E-state index is -4.68. The highest BCUT2D eigenvalue weighted by Crippen LogP contribution is 2.48. The number of hydrogen-bond donors (Lipinski definition) is 1. The van der Waals surface area contributed by atoms with Crippen molar-refractivity contribution < 1.29 is 22.7 Å². The Morgan fingerprint density at radius 1 is 1.15 bits per heavy atom. The SMILES string of the molecule is COc1ccc(C2CN(c3ccc(C4(C#N)CC4)cc3)C(=O)c3n[nH]c(C(F)(F)F)c32)cc1. The third-order valence-electron chi connectivity index (χ3n) is 6.46. The number of carbonyl (C=O) groups is 1. The zero-order valence-electron chi connectivity index (χ0n) is 17.6. The van der Waals surface area contributed by atoms with E-state index < -0.39 is 29.1 Å². The molecule has 1 fully saturated rings. The normalized spacial score (nSPS) is 19.1. The molecule has 3 aromatic rings. The van der Waals surface area contributed by atoms with Crippen molar-refractivity contribution in [2.75, 3.05) is 18.6 Å². The molecule has 168 valence electrons. The zero-order chi connectivity index (χ0) is 23.4. The second-order valence-electron chi connectivity index (χ2n) is 8.34. The summed E-state index contributed by atoms with van der Waals surface area (Å²) in [5, 5.41) is 15.2. The van der Waals surface area contributed by atoms with Gasteiger partial charge in [0.1, 0.15) is 11.4 Å². The number of methoxy groups -OCH3 is 1. The molecule has 2 aliphatic rings. The van der Waals surface area contributed by atoms with Gasteiger partial charge < -0.3 is 9.64 Å². The first kappa shape index (κ1) is 21.1. The van der Waals surface area contributed by atoms with Crippen LogP contribution in [0.1, 0.15) is 51.6 Å². The number of benzene rings is 2. The number of H-pyrrole nitrogens is 1. The number of nitrogens with one attached hydrogen (secondary N) is 1. The standard InChI is InChI=1S/C24H19F3N4O2/c1-33-17-8-2-14(3-9-17)18-12-31(16-6-4-15(5-7-16)23(13-28)10-11-23)22(32)20-19(18)21(30-29-20)24(25,26)27/h2-9,18H,10-12H2,1H3,(H,29,30). The Balaban J connectivity index is 1.57. The van der Waals surface area contributed by atoms with Crippen LogP contribution in [0.4, 0.5) is 18.9 Å². The topological polar surface area (TPSA) is 82.0 Å². The molecule has 1 aliphatic heterocycles. The first-order chi connectivity index (χ1) is 15.8. The average Bonchev–Trinajstić information content (AvgIpc) is 3.48. The number of halogens is 3. The number of rotatable bonds is 4. The molecule has 2 heterocycles. The van der Waals surface area contributed by atoms with Crippen molar-refractivity contribution in [2.45, 2.75) is 30.4 Å². The van der Waals surface area contributed by atoms with Gasteiger partial charge in [-0.05, 0) is 48.2 Å². The minimum absolute atomic E-state index is 0.0174. The van der Waals surface area contributed by atoms with E-state index in [9.17, 15) is 23.2 Å².